The SMILES string of the molecule is COc1ccc(C2=CCN(C(=O)[C@@H]3CC(=O)N(C4CC4)C3)CC2)cc1. The third-order valence-electron chi connectivity index (χ3n) is 5.48. The molecule has 1 aliphatic carbocycles. The van der Waals surface area contributed by atoms with Crippen LogP contribution in [-0.2, 0) is 9.59 Å². The van der Waals surface area contributed by atoms with E-state index in [1.807, 2.05) is 21.9 Å². The van der Waals surface area contributed by atoms with Gasteiger partial charge in [-0.1, -0.05) is 18.2 Å². The van der Waals surface area contributed by atoms with Crippen molar-refractivity contribution in [3.8, 4) is 5.75 Å². The number of hydrogen-bond acceptors (Lipinski definition) is 3. The van der Waals surface area contributed by atoms with Crippen LogP contribution < -0.4 is 4.74 Å². The van der Waals surface area contributed by atoms with Gasteiger partial charge in [-0.3, -0.25) is 9.59 Å². The summed E-state index contributed by atoms with van der Waals surface area (Å²) in [7, 11) is 1.66. The van der Waals surface area contributed by atoms with Crippen molar-refractivity contribution in [1.29, 1.82) is 0 Å². The van der Waals surface area contributed by atoms with Crippen LogP contribution in [0.25, 0.3) is 5.57 Å². The predicted octanol–water partition coefficient (Wildman–Crippen LogP) is 2.32. The highest BCUT2D eigenvalue weighted by molar-refractivity contribution is 5.90. The molecule has 0 aromatic heterocycles. The first-order valence-electron chi connectivity index (χ1n) is 9.07. The Bertz CT molecular complexity index is 706. The van der Waals surface area contributed by atoms with Gasteiger partial charge in [0.15, 0.2) is 0 Å². The van der Waals surface area contributed by atoms with Crippen LogP contribution in [0.5, 0.6) is 5.75 Å². The Morgan fingerprint density at radius 2 is 1.96 bits per heavy atom. The lowest BCUT2D eigenvalue weighted by molar-refractivity contribution is -0.135. The topological polar surface area (TPSA) is 49.9 Å². The molecular formula is C20H24N2O3. The molecule has 1 aromatic rings. The summed E-state index contributed by atoms with van der Waals surface area (Å²) in [5.41, 5.74) is 2.46. The molecule has 3 aliphatic rings. The van der Waals surface area contributed by atoms with E-state index in [9.17, 15) is 9.59 Å². The molecule has 2 heterocycles. The lowest BCUT2D eigenvalue weighted by Gasteiger charge is -2.29. The molecule has 2 aliphatic heterocycles. The second-order valence-electron chi connectivity index (χ2n) is 7.17. The van der Waals surface area contributed by atoms with E-state index in [2.05, 4.69) is 18.2 Å². The maximum atomic E-state index is 12.8. The molecule has 0 N–H and O–H groups in total. The molecule has 2 fully saturated rings. The Morgan fingerprint density at radius 1 is 1.20 bits per heavy atom. The van der Waals surface area contributed by atoms with E-state index < -0.39 is 0 Å². The Kier molecular flexibility index (Phi) is 4.24. The zero-order chi connectivity index (χ0) is 17.4. The summed E-state index contributed by atoms with van der Waals surface area (Å²) in [6.07, 6.45) is 5.58. The molecule has 5 nitrogen and oxygen atoms in total. The average molecular weight is 340 g/mol. The highest BCUT2D eigenvalue weighted by atomic mass is 16.5. The van der Waals surface area contributed by atoms with Gasteiger partial charge in [0.25, 0.3) is 0 Å². The van der Waals surface area contributed by atoms with Gasteiger partial charge in [0.2, 0.25) is 11.8 Å². The van der Waals surface area contributed by atoms with Crippen LogP contribution in [0.15, 0.2) is 30.3 Å². The van der Waals surface area contributed by atoms with Gasteiger partial charge in [-0.25, -0.2) is 0 Å². The number of hydrogen-bond donors (Lipinski definition) is 0. The number of rotatable bonds is 4. The average Bonchev–Trinajstić information content (AvgIpc) is 3.43. The number of benzene rings is 1. The van der Waals surface area contributed by atoms with Crippen molar-refractivity contribution >= 4 is 17.4 Å². The van der Waals surface area contributed by atoms with Crippen LogP contribution in [0.2, 0.25) is 0 Å². The Hall–Kier alpha value is -2.30. The van der Waals surface area contributed by atoms with E-state index in [-0.39, 0.29) is 17.7 Å². The molecule has 5 heteroatoms. The number of likely N-dealkylation sites (tertiary alicyclic amines) is 1. The largest absolute Gasteiger partial charge is 0.497 e. The maximum Gasteiger partial charge on any atom is 0.228 e. The van der Waals surface area contributed by atoms with E-state index in [4.69, 9.17) is 4.74 Å². The molecule has 4 rings (SSSR count). The van der Waals surface area contributed by atoms with Gasteiger partial charge in [0.1, 0.15) is 5.75 Å². The first-order chi connectivity index (χ1) is 12.2. The van der Waals surface area contributed by atoms with Gasteiger partial charge in [-0.05, 0) is 42.5 Å². The second-order valence-corrected chi connectivity index (χ2v) is 7.17. The molecule has 1 atom stereocenters. The summed E-state index contributed by atoms with van der Waals surface area (Å²) >= 11 is 0. The summed E-state index contributed by atoms with van der Waals surface area (Å²) < 4.78 is 5.20. The van der Waals surface area contributed by atoms with Gasteiger partial charge in [-0.2, -0.15) is 0 Å². The van der Waals surface area contributed by atoms with Crippen LogP contribution in [0.4, 0.5) is 0 Å². The summed E-state index contributed by atoms with van der Waals surface area (Å²) in [5, 5.41) is 0. The van der Waals surface area contributed by atoms with E-state index in [1.165, 1.54) is 11.1 Å². The van der Waals surface area contributed by atoms with Crippen LogP contribution in [0.3, 0.4) is 0 Å². The fourth-order valence-corrected chi connectivity index (χ4v) is 3.83. The summed E-state index contributed by atoms with van der Waals surface area (Å²) in [6, 6.07) is 8.46. The van der Waals surface area contributed by atoms with Gasteiger partial charge in [0.05, 0.1) is 13.0 Å². The van der Waals surface area contributed by atoms with Gasteiger partial charge < -0.3 is 14.5 Å². The van der Waals surface area contributed by atoms with Gasteiger partial charge in [0, 0.05) is 32.1 Å². The van der Waals surface area contributed by atoms with Crippen molar-refractivity contribution in [1.82, 2.24) is 9.80 Å². The zero-order valence-electron chi connectivity index (χ0n) is 14.6. The molecule has 132 valence electrons. The van der Waals surface area contributed by atoms with E-state index in [0.717, 1.165) is 31.6 Å². The highest BCUT2D eigenvalue weighted by Crippen LogP contribution is 2.33. The summed E-state index contributed by atoms with van der Waals surface area (Å²) in [6.45, 7) is 1.98. The second kappa shape index (κ2) is 6.54. The van der Waals surface area contributed by atoms with Gasteiger partial charge in [-0.15, -0.1) is 0 Å². The minimum absolute atomic E-state index is 0.140. The molecule has 1 saturated heterocycles. The van der Waals surface area contributed by atoms with Crippen molar-refractivity contribution in [3.63, 3.8) is 0 Å². The Labute approximate surface area is 148 Å². The van der Waals surface area contributed by atoms with Crippen molar-refractivity contribution in [2.75, 3.05) is 26.7 Å². The van der Waals surface area contributed by atoms with Crippen LogP contribution >= 0.6 is 0 Å². The molecule has 0 spiro atoms. The van der Waals surface area contributed by atoms with Gasteiger partial charge >= 0.3 is 0 Å². The molecule has 2 amide bonds. The first-order valence-corrected chi connectivity index (χ1v) is 9.07. The molecule has 0 radical (unpaired) electrons. The third-order valence-corrected chi connectivity index (χ3v) is 5.48. The Morgan fingerprint density at radius 3 is 2.56 bits per heavy atom. The fraction of sp³-hybridized carbons (Fsp3) is 0.500. The number of carbonyl (C=O) groups excluding carboxylic acids is 2. The minimum atomic E-state index is -0.149. The van der Waals surface area contributed by atoms with Crippen molar-refractivity contribution in [2.24, 2.45) is 5.92 Å². The standard InChI is InChI=1S/C20H24N2O3/c1-25-18-6-2-14(3-7-18)15-8-10-21(11-9-15)20(24)16-12-19(23)22(13-16)17-4-5-17/h2-3,6-8,16-17H,4-5,9-13H2,1H3/t16-/m1/s1. The predicted molar refractivity (Wildman–Crippen MR) is 95.0 cm³/mol. The molecular weight excluding hydrogens is 316 g/mol. The molecule has 0 bridgehead atoms. The highest BCUT2D eigenvalue weighted by Gasteiger charge is 2.42. The first kappa shape index (κ1) is 16.2. The molecule has 1 saturated carbocycles. The zero-order valence-corrected chi connectivity index (χ0v) is 14.6. The number of nitrogens with zero attached hydrogens (tertiary/aromatic N) is 2. The van der Waals surface area contributed by atoms with Crippen LogP contribution in [0.1, 0.15) is 31.2 Å². The van der Waals surface area contributed by atoms with Crippen molar-refractivity contribution in [2.45, 2.75) is 31.7 Å². The molecule has 0 unspecified atom stereocenters. The fourth-order valence-electron chi connectivity index (χ4n) is 3.83. The van der Waals surface area contributed by atoms with E-state index in [0.29, 0.717) is 25.6 Å². The van der Waals surface area contributed by atoms with Crippen molar-refractivity contribution < 1.29 is 14.3 Å². The molecule has 25 heavy (non-hydrogen) atoms. The van der Waals surface area contributed by atoms with E-state index in [1.54, 1.807) is 7.11 Å². The normalized spacial score (nSPS) is 23.6. The third kappa shape index (κ3) is 3.28. The number of amides is 2. The number of ether oxygens (including phenoxy) is 1. The Balaban J connectivity index is 1.38. The summed E-state index contributed by atoms with van der Waals surface area (Å²) in [4.78, 5) is 28.7. The monoisotopic (exact) mass is 340 g/mol. The lowest BCUT2D eigenvalue weighted by atomic mass is 9.98. The maximum absolute atomic E-state index is 12.8. The quantitative estimate of drug-likeness (QED) is 0.845. The smallest absolute Gasteiger partial charge is 0.228 e. The molecule has 1 aromatic carbocycles. The number of methoxy groups -OCH3 is 1. The van der Waals surface area contributed by atoms with Crippen LogP contribution in [-0.4, -0.2) is 54.4 Å². The lowest BCUT2D eigenvalue weighted by Crippen LogP contribution is -2.40. The number of carbonyl (C=O) groups is 2. The van der Waals surface area contributed by atoms with Crippen molar-refractivity contribution in [3.05, 3.63) is 35.9 Å². The summed E-state index contributed by atoms with van der Waals surface area (Å²) in [5.74, 6) is 1.00. The van der Waals surface area contributed by atoms with Crippen LogP contribution in [0, 0.1) is 5.92 Å². The minimum Gasteiger partial charge on any atom is -0.497 e. The van der Waals surface area contributed by atoms with E-state index >= 15 is 0 Å².